The van der Waals surface area contributed by atoms with E-state index in [-0.39, 0.29) is 17.6 Å². The number of amides is 1. The summed E-state index contributed by atoms with van der Waals surface area (Å²) in [4.78, 5) is 17.7. The van der Waals surface area contributed by atoms with Crippen LogP contribution in [0.2, 0.25) is 0 Å². The van der Waals surface area contributed by atoms with E-state index in [2.05, 4.69) is 58.7 Å². The van der Waals surface area contributed by atoms with E-state index < -0.39 is 0 Å². The third-order valence-corrected chi connectivity index (χ3v) is 7.44. The third-order valence-electron chi connectivity index (χ3n) is 6.31. The van der Waals surface area contributed by atoms with Crippen molar-refractivity contribution in [2.24, 2.45) is 0 Å². The first kappa shape index (κ1) is 18.1. The number of anilines is 2. The predicted molar refractivity (Wildman–Crippen MR) is 112 cm³/mol. The topological polar surface area (TPSA) is 41.6 Å². The number of nitrogens with zero attached hydrogens (tertiary/aromatic N) is 1. The molecule has 0 spiro atoms. The van der Waals surface area contributed by atoms with Gasteiger partial charge in [-0.05, 0) is 43.5 Å². The molecule has 2 fully saturated rings. The molecule has 2 atom stereocenters. The van der Waals surface area contributed by atoms with Crippen molar-refractivity contribution in [3.63, 3.8) is 0 Å². The Labute approximate surface area is 170 Å². The highest BCUT2D eigenvalue weighted by molar-refractivity contribution is 7.99. The monoisotopic (exact) mass is 394 g/mol. The van der Waals surface area contributed by atoms with Crippen LogP contribution in [0.15, 0.2) is 58.3 Å². The van der Waals surface area contributed by atoms with Gasteiger partial charge in [0.25, 0.3) is 0 Å². The molecule has 2 heterocycles. The van der Waals surface area contributed by atoms with Crippen LogP contribution in [0.25, 0.3) is 0 Å². The minimum Gasteiger partial charge on any atom is -0.376 e. The van der Waals surface area contributed by atoms with E-state index in [9.17, 15) is 4.79 Å². The normalized spacial score (nSPS) is 25.6. The van der Waals surface area contributed by atoms with Crippen molar-refractivity contribution in [3.05, 3.63) is 48.5 Å². The zero-order valence-electron chi connectivity index (χ0n) is 16.0. The van der Waals surface area contributed by atoms with Gasteiger partial charge in [0.05, 0.1) is 23.0 Å². The van der Waals surface area contributed by atoms with Crippen LogP contribution in [0.4, 0.5) is 11.4 Å². The van der Waals surface area contributed by atoms with Crippen LogP contribution < -0.4 is 10.2 Å². The van der Waals surface area contributed by atoms with Crippen molar-refractivity contribution in [2.45, 2.75) is 60.0 Å². The van der Waals surface area contributed by atoms with E-state index in [0.717, 1.165) is 25.9 Å². The molecule has 2 aliphatic heterocycles. The number of rotatable bonds is 4. The van der Waals surface area contributed by atoms with Gasteiger partial charge >= 0.3 is 0 Å². The van der Waals surface area contributed by atoms with Gasteiger partial charge in [0.2, 0.25) is 5.91 Å². The quantitative estimate of drug-likeness (QED) is 0.801. The maximum atomic E-state index is 12.9. The Hall–Kier alpha value is -1.98. The van der Waals surface area contributed by atoms with Crippen LogP contribution in [-0.2, 0) is 9.53 Å². The second-order valence-corrected chi connectivity index (χ2v) is 9.08. The molecule has 5 rings (SSSR count). The van der Waals surface area contributed by atoms with Gasteiger partial charge in [0, 0.05) is 29.4 Å². The second-order valence-electron chi connectivity index (χ2n) is 8.00. The molecular formula is C23H26N2O2S. The van der Waals surface area contributed by atoms with Crippen LogP contribution in [-0.4, -0.2) is 30.7 Å². The van der Waals surface area contributed by atoms with Crippen molar-refractivity contribution in [1.29, 1.82) is 0 Å². The van der Waals surface area contributed by atoms with Gasteiger partial charge in [-0.2, -0.15) is 0 Å². The molecule has 0 radical (unpaired) electrons. The molecule has 0 bridgehead atoms. The fraction of sp³-hybridized carbons (Fsp3) is 0.435. The molecule has 1 amide bonds. The van der Waals surface area contributed by atoms with Crippen molar-refractivity contribution in [2.75, 3.05) is 18.1 Å². The number of fused-ring (bicyclic) bond motifs is 3. The fourth-order valence-corrected chi connectivity index (χ4v) is 6.00. The van der Waals surface area contributed by atoms with Crippen molar-refractivity contribution in [1.82, 2.24) is 5.32 Å². The van der Waals surface area contributed by atoms with E-state index in [0.29, 0.717) is 13.0 Å². The minimum atomic E-state index is -0.122. The Kier molecular flexibility index (Phi) is 4.81. The number of hydrogen-bond donors (Lipinski definition) is 1. The first-order chi connectivity index (χ1) is 13.8. The predicted octanol–water partition coefficient (Wildman–Crippen LogP) is 4.90. The molecule has 1 saturated carbocycles. The summed E-state index contributed by atoms with van der Waals surface area (Å²) >= 11 is 1.80. The molecule has 3 aliphatic rings. The lowest BCUT2D eigenvalue weighted by atomic mass is 9.78. The summed E-state index contributed by atoms with van der Waals surface area (Å²) in [7, 11) is 0. The van der Waals surface area contributed by atoms with Gasteiger partial charge in [-0.1, -0.05) is 48.9 Å². The minimum absolute atomic E-state index is 0.122. The lowest BCUT2D eigenvalue weighted by molar-refractivity contribution is -0.124. The molecule has 1 aliphatic carbocycles. The Morgan fingerprint density at radius 2 is 1.79 bits per heavy atom. The van der Waals surface area contributed by atoms with Crippen LogP contribution in [0.1, 0.15) is 38.5 Å². The maximum Gasteiger partial charge on any atom is 0.222 e. The fourth-order valence-electron chi connectivity index (χ4n) is 4.90. The van der Waals surface area contributed by atoms with Gasteiger partial charge in [-0.25, -0.2) is 0 Å². The number of carbonyl (C=O) groups excluding carboxylic acids is 1. The zero-order chi connectivity index (χ0) is 19.0. The van der Waals surface area contributed by atoms with E-state index >= 15 is 0 Å². The smallest absolute Gasteiger partial charge is 0.222 e. The van der Waals surface area contributed by atoms with Gasteiger partial charge in [-0.15, -0.1) is 0 Å². The Balaban J connectivity index is 1.32. The molecule has 146 valence electrons. The first-order valence-corrected chi connectivity index (χ1v) is 11.1. The van der Waals surface area contributed by atoms with Crippen LogP contribution >= 0.6 is 11.8 Å². The zero-order valence-corrected chi connectivity index (χ0v) is 16.8. The molecule has 2 aromatic carbocycles. The molecule has 1 N–H and O–H groups in total. The van der Waals surface area contributed by atoms with Gasteiger partial charge in [0.15, 0.2) is 0 Å². The Morgan fingerprint density at radius 1 is 1.07 bits per heavy atom. The van der Waals surface area contributed by atoms with E-state index in [1.807, 2.05) is 0 Å². The molecule has 28 heavy (non-hydrogen) atoms. The summed E-state index contributed by atoms with van der Waals surface area (Å²) in [5.74, 6) is 0.144. The van der Waals surface area contributed by atoms with Crippen LogP contribution in [0.5, 0.6) is 0 Å². The second kappa shape index (κ2) is 7.45. The molecule has 2 unspecified atom stereocenters. The molecule has 2 aromatic rings. The number of para-hydroxylation sites is 2. The number of nitrogens with one attached hydrogen (secondary N) is 1. The molecule has 1 saturated heterocycles. The number of benzene rings is 2. The summed E-state index contributed by atoms with van der Waals surface area (Å²) in [6.07, 6.45) is 6.17. The average Bonchev–Trinajstić information content (AvgIpc) is 3.14. The molecule has 5 heteroatoms. The summed E-state index contributed by atoms with van der Waals surface area (Å²) in [6.45, 7) is 1.46. The average molecular weight is 395 g/mol. The third kappa shape index (κ3) is 3.20. The standard InChI is InChI=1S/C23H26N2O2S/c26-22(24-23-13-6-5-11-21(23)27-16-14-23)12-15-25-17-7-1-3-9-19(17)28-20-10-4-2-8-18(20)25/h1-4,7-10,21H,5-6,11-16H2,(H,24,26). The molecular weight excluding hydrogens is 368 g/mol. The highest BCUT2D eigenvalue weighted by Crippen LogP contribution is 2.47. The van der Waals surface area contributed by atoms with Gasteiger partial charge in [0.1, 0.15) is 0 Å². The lowest BCUT2D eigenvalue weighted by Crippen LogP contribution is -2.55. The van der Waals surface area contributed by atoms with E-state index in [1.54, 1.807) is 11.8 Å². The van der Waals surface area contributed by atoms with Crippen LogP contribution in [0.3, 0.4) is 0 Å². The SMILES string of the molecule is O=C(CCN1c2ccccc2Sc2ccccc21)NC12CCCCC1OCC2. The van der Waals surface area contributed by atoms with Crippen molar-refractivity contribution in [3.8, 4) is 0 Å². The van der Waals surface area contributed by atoms with Crippen LogP contribution in [0, 0.1) is 0 Å². The maximum absolute atomic E-state index is 12.9. The summed E-state index contributed by atoms with van der Waals surface area (Å²) in [5, 5.41) is 3.39. The van der Waals surface area contributed by atoms with Gasteiger partial charge in [-0.3, -0.25) is 4.79 Å². The lowest BCUT2D eigenvalue weighted by Gasteiger charge is -2.39. The van der Waals surface area contributed by atoms with Crippen molar-refractivity contribution >= 4 is 29.0 Å². The molecule has 0 aromatic heterocycles. The molecule has 4 nitrogen and oxygen atoms in total. The first-order valence-electron chi connectivity index (χ1n) is 10.3. The highest BCUT2D eigenvalue weighted by atomic mass is 32.2. The highest BCUT2D eigenvalue weighted by Gasteiger charge is 2.46. The number of hydrogen-bond acceptors (Lipinski definition) is 4. The number of ether oxygens (including phenoxy) is 1. The van der Waals surface area contributed by atoms with Gasteiger partial charge < -0.3 is 15.0 Å². The number of carbonyl (C=O) groups is 1. The summed E-state index contributed by atoms with van der Waals surface area (Å²) in [6, 6.07) is 16.9. The Morgan fingerprint density at radius 3 is 2.54 bits per heavy atom. The van der Waals surface area contributed by atoms with E-state index in [4.69, 9.17) is 4.74 Å². The summed E-state index contributed by atoms with van der Waals surface area (Å²) < 4.78 is 5.92. The van der Waals surface area contributed by atoms with E-state index in [1.165, 1.54) is 34.0 Å². The summed E-state index contributed by atoms with van der Waals surface area (Å²) in [5.41, 5.74) is 2.26. The largest absolute Gasteiger partial charge is 0.376 e. The Bertz CT molecular complexity index is 841. The van der Waals surface area contributed by atoms with Crippen molar-refractivity contribution < 1.29 is 9.53 Å².